The number of hydrogen-bond donors (Lipinski definition) is 2. The number of aromatic nitrogens is 2. The highest BCUT2D eigenvalue weighted by Crippen LogP contribution is 2.22. The molecule has 1 amide bonds. The Labute approximate surface area is 117 Å². The second-order valence-corrected chi connectivity index (χ2v) is 5.85. The summed E-state index contributed by atoms with van der Waals surface area (Å²) >= 11 is 0. The van der Waals surface area contributed by atoms with Crippen LogP contribution in [0, 0.1) is 12.7 Å². The normalized spacial score (nSPS) is 11.4. The van der Waals surface area contributed by atoms with E-state index in [9.17, 15) is 9.18 Å². The van der Waals surface area contributed by atoms with Crippen LogP contribution in [0.2, 0.25) is 0 Å². The van der Waals surface area contributed by atoms with Crippen molar-refractivity contribution in [1.82, 2.24) is 10.2 Å². The molecule has 0 bridgehead atoms. The highest BCUT2D eigenvalue weighted by molar-refractivity contribution is 6.04. The summed E-state index contributed by atoms with van der Waals surface area (Å²) in [5.41, 5.74) is 1.65. The van der Waals surface area contributed by atoms with Gasteiger partial charge in [-0.3, -0.25) is 9.89 Å². The van der Waals surface area contributed by atoms with E-state index in [1.807, 2.05) is 27.7 Å². The summed E-state index contributed by atoms with van der Waals surface area (Å²) in [6.45, 7) is 7.91. The molecular formula is C15H18FN3O. The van der Waals surface area contributed by atoms with Crippen LogP contribution in [0.3, 0.4) is 0 Å². The Morgan fingerprint density at radius 3 is 2.60 bits per heavy atom. The summed E-state index contributed by atoms with van der Waals surface area (Å²) in [5, 5.41) is 9.49. The van der Waals surface area contributed by atoms with Crippen LogP contribution in [0.4, 0.5) is 10.2 Å². The fourth-order valence-corrected chi connectivity index (χ4v) is 1.77. The quantitative estimate of drug-likeness (QED) is 0.882. The Morgan fingerprint density at radius 2 is 2.00 bits per heavy atom. The molecule has 0 fully saturated rings. The molecule has 0 saturated heterocycles. The number of benzene rings is 1. The van der Waals surface area contributed by atoms with Gasteiger partial charge in [0.2, 0.25) is 0 Å². The fraction of sp³-hybridized carbons (Fsp3) is 0.333. The van der Waals surface area contributed by atoms with E-state index in [1.54, 1.807) is 12.1 Å². The van der Waals surface area contributed by atoms with Crippen molar-refractivity contribution >= 4 is 11.7 Å². The Morgan fingerprint density at radius 1 is 1.30 bits per heavy atom. The lowest BCUT2D eigenvalue weighted by atomic mass is 9.92. The number of nitrogens with one attached hydrogen (secondary N) is 2. The molecule has 0 radical (unpaired) electrons. The smallest absolute Gasteiger partial charge is 0.259 e. The number of amides is 1. The summed E-state index contributed by atoms with van der Waals surface area (Å²) in [5.74, 6) is -0.654. The molecule has 2 rings (SSSR count). The van der Waals surface area contributed by atoms with Crippen molar-refractivity contribution in [2.45, 2.75) is 33.1 Å². The topological polar surface area (TPSA) is 57.8 Å². The predicted octanol–water partition coefficient (Wildman–Crippen LogP) is 3.41. The van der Waals surface area contributed by atoms with E-state index in [1.165, 1.54) is 12.1 Å². The Balaban J connectivity index is 2.20. The van der Waals surface area contributed by atoms with Gasteiger partial charge in [0.15, 0.2) is 5.82 Å². The first-order valence-electron chi connectivity index (χ1n) is 6.41. The van der Waals surface area contributed by atoms with Crippen LogP contribution in [0.15, 0.2) is 24.3 Å². The lowest BCUT2D eigenvalue weighted by Crippen LogP contribution is -2.14. The first kappa shape index (κ1) is 14.2. The van der Waals surface area contributed by atoms with Crippen LogP contribution >= 0.6 is 0 Å². The molecule has 0 saturated carbocycles. The Bertz CT molecular complexity index is 641. The number of aryl methyl sites for hydroxylation is 1. The number of hydrogen-bond acceptors (Lipinski definition) is 2. The summed E-state index contributed by atoms with van der Waals surface area (Å²) in [4.78, 5) is 12.0. The third-order valence-corrected chi connectivity index (χ3v) is 2.99. The predicted molar refractivity (Wildman–Crippen MR) is 76.4 cm³/mol. The van der Waals surface area contributed by atoms with Crippen molar-refractivity contribution in [3.63, 3.8) is 0 Å². The van der Waals surface area contributed by atoms with Crippen LogP contribution in [-0.2, 0) is 5.41 Å². The van der Waals surface area contributed by atoms with Gasteiger partial charge in [0.25, 0.3) is 5.91 Å². The molecule has 1 aromatic carbocycles. The van der Waals surface area contributed by atoms with E-state index >= 15 is 0 Å². The SMILES string of the molecule is Cc1ccc(F)c(C(=O)Nc2cc(C(C)(C)C)[nH]n2)c1. The van der Waals surface area contributed by atoms with E-state index < -0.39 is 11.7 Å². The maximum Gasteiger partial charge on any atom is 0.259 e. The molecule has 0 spiro atoms. The first-order chi connectivity index (χ1) is 9.27. The zero-order valence-electron chi connectivity index (χ0n) is 12.0. The van der Waals surface area contributed by atoms with Crippen molar-refractivity contribution in [2.24, 2.45) is 0 Å². The van der Waals surface area contributed by atoms with Crippen molar-refractivity contribution in [3.8, 4) is 0 Å². The number of anilines is 1. The minimum atomic E-state index is -0.542. The summed E-state index contributed by atoms with van der Waals surface area (Å²) in [6, 6.07) is 6.18. The van der Waals surface area contributed by atoms with Crippen LogP contribution < -0.4 is 5.32 Å². The summed E-state index contributed by atoms with van der Waals surface area (Å²) < 4.78 is 13.6. The molecule has 0 atom stereocenters. The highest BCUT2D eigenvalue weighted by Gasteiger charge is 2.18. The molecule has 5 heteroatoms. The third kappa shape index (κ3) is 3.04. The van der Waals surface area contributed by atoms with Gasteiger partial charge in [0.1, 0.15) is 5.82 Å². The van der Waals surface area contributed by atoms with Crippen molar-refractivity contribution in [1.29, 1.82) is 0 Å². The minimum Gasteiger partial charge on any atom is -0.305 e. The second kappa shape index (κ2) is 5.07. The molecule has 106 valence electrons. The van der Waals surface area contributed by atoms with Gasteiger partial charge in [0, 0.05) is 17.2 Å². The van der Waals surface area contributed by atoms with E-state index in [0.717, 1.165) is 11.3 Å². The number of carbonyl (C=O) groups excluding carboxylic acids is 1. The molecule has 0 unspecified atom stereocenters. The van der Waals surface area contributed by atoms with Gasteiger partial charge in [-0.05, 0) is 19.1 Å². The van der Waals surface area contributed by atoms with Crippen molar-refractivity contribution < 1.29 is 9.18 Å². The average molecular weight is 275 g/mol. The zero-order valence-corrected chi connectivity index (χ0v) is 12.0. The van der Waals surface area contributed by atoms with Gasteiger partial charge in [-0.1, -0.05) is 32.4 Å². The number of nitrogens with zero attached hydrogens (tertiary/aromatic N) is 1. The largest absolute Gasteiger partial charge is 0.305 e. The molecule has 2 aromatic rings. The van der Waals surface area contributed by atoms with Crippen LogP contribution in [0.5, 0.6) is 0 Å². The van der Waals surface area contributed by atoms with Gasteiger partial charge in [-0.15, -0.1) is 0 Å². The van der Waals surface area contributed by atoms with E-state index in [0.29, 0.717) is 5.82 Å². The van der Waals surface area contributed by atoms with Crippen LogP contribution in [-0.4, -0.2) is 16.1 Å². The lowest BCUT2D eigenvalue weighted by molar-refractivity contribution is 0.102. The highest BCUT2D eigenvalue weighted by atomic mass is 19.1. The second-order valence-electron chi connectivity index (χ2n) is 5.85. The number of halogens is 1. The molecule has 0 aliphatic heterocycles. The Kier molecular flexibility index (Phi) is 3.61. The van der Waals surface area contributed by atoms with E-state index in [-0.39, 0.29) is 11.0 Å². The first-order valence-corrected chi connectivity index (χ1v) is 6.41. The minimum absolute atomic E-state index is 0.0188. The maximum absolute atomic E-state index is 13.6. The number of rotatable bonds is 2. The van der Waals surface area contributed by atoms with E-state index in [4.69, 9.17) is 0 Å². The van der Waals surface area contributed by atoms with Gasteiger partial charge in [0.05, 0.1) is 5.56 Å². The number of H-pyrrole nitrogens is 1. The van der Waals surface area contributed by atoms with E-state index in [2.05, 4.69) is 15.5 Å². The lowest BCUT2D eigenvalue weighted by Gasteiger charge is -2.14. The van der Waals surface area contributed by atoms with Crippen molar-refractivity contribution in [3.05, 3.63) is 46.9 Å². The summed E-state index contributed by atoms with van der Waals surface area (Å²) in [6.07, 6.45) is 0. The molecular weight excluding hydrogens is 257 g/mol. The zero-order chi connectivity index (χ0) is 14.9. The molecule has 0 aliphatic carbocycles. The van der Waals surface area contributed by atoms with Gasteiger partial charge < -0.3 is 5.32 Å². The summed E-state index contributed by atoms with van der Waals surface area (Å²) in [7, 11) is 0. The van der Waals surface area contributed by atoms with Gasteiger partial charge in [-0.2, -0.15) is 5.10 Å². The van der Waals surface area contributed by atoms with Crippen LogP contribution in [0.25, 0.3) is 0 Å². The fourth-order valence-electron chi connectivity index (χ4n) is 1.77. The average Bonchev–Trinajstić information content (AvgIpc) is 2.80. The van der Waals surface area contributed by atoms with Gasteiger partial charge >= 0.3 is 0 Å². The molecule has 20 heavy (non-hydrogen) atoms. The number of aromatic amines is 1. The van der Waals surface area contributed by atoms with Crippen molar-refractivity contribution in [2.75, 3.05) is 5.32 Å². The standard InChI is InChI=1S/C15H18FN3O/c1-9-5-6-11(16)10(7-9)14(20)17-13-8-12(18-19-13)15(2,3)4/h5-8H,1-4H3,(H2,17,18,19,20). The third-order valence-electron chi connectivity index (χ3n) is 2.99. The maximum atomic E-state index is 13.6. The molecule has 2 N–H and O–H groups in total. The molecule has 0 aliphatic rings. The molecule has 1 aromatic heterocycles. The number of carbonyl (C=O) groups is 1. The van der Waals surface area contributed by atoms with Gasteiger partial charge in [-0.25, -0.2) is 4.39 Å². The molecule has 1 heterocycles. The Hall–Kier alpha value is -2.17. The monoisotopic (exact) mass is 275 g/mol. The molecule has 4 nitrogen and oxygen atoms in total. The van der Waals surface area contributed by atoms with Crippen LogP contribution in [0.1, 0.15) is 42.4 Å².